The largest absolute Gasteiger partial charge is 0.392 e. The number of hydrogen-bond acceptors (Lipinski definition) is 2. The van der Waals surface area contributed by atoms with Crippen LogP contribution in [-0.2, 0) is 12.8 Å². The van der Waals surface area contributed by atoms with Gasteiger partial charge < -0.3 is 5.11 Å². The first-order valence-corrected chi connectivity index (χ1v) is 8.33. The molecule has 2 atom stereocenters. The van der Waals surface area contributed by atoms with E-state index in [1.807, 2.05) is 11.3 Å². The van der Waals surface area contributed by atoms with Crippen LogP contribution in [-0.4, -0.2) is 11.2 Å². The van der Waals surface area contributed by atoms with Crippen molar-refractivity contribution in [2.24, 2.45) is 0 Å². The minimum Gasteiger partial charge on any atom is -0.392 e. The third-order valence-corrected chi connectivity index (χ3v) is 5.49. The molecule has 20 heavy (non-hydrogen) atoms. The van der Waals surface area contributed by atoms with Crippen LogP contribution in [0.5, 0.6) is 0 Å². The normalized spacial score (nSPS) is 19.6. The molecule has 0 fully saturated rings. The molecule has 2 unspecified atom stereocenters. The van der Waals surface area contributed by atoms with Crippen molar-refractivity contribution in [3.05, 3.63) is 56.8 Å². The maximum Gasteiger partial charge on any atom is 0.0649 e. The molecule has 0 saturated carbocycles. The summed E-state index contributed by atoms with van der Waals surface area (Å²) < 4.78 is 0. The molecule has 3 rings (SSSR count). The highest BCUT2D eigenvalue weighted by Crippen LogP contribution is 2.38. The SMILES string of the molecule is Cc1ccc(C)c(CC(O)C2CCCc3sccc32)c1. The van der Waals surface area contributed by atoms with E-state index in [2.05, 4.69) is 43.5 Å². The topological polar surface area (TPSA) is 20.2 Å². The number of rotatable bonds is 3. The van der Waals surface area contributed by atoms with Crippen molar-refractivity contribution in [2.45, 2.75) is 51.6 Å². The molecule has 2 heteroatoms. The van der Waals surface area contributed by atoms with Gasteiger partial charge in [-0.2, -0.15) is 0 Å². The minimum atomic E-state index is -0.260. The van der Waals surface area contributed by atoms with Crippen molar-refractivity contribution in [3.63, 3.8) is 0 Å². The molecule has 0 radical (unpaired) electrons. The van der Waals surface area contributed by atoms with Crippen LogP contribution in [0, 0.1) is 13.8 Å². The molecule has 0 aliphatic heterocycles. The van der Waals surface area contributed by atoms with Crippen LogP contribution >= 0.6 is 11.3 Å². The van der Waals surface area contributed by atoms with Gasteiger partial charge in [0, 0.05) is 10.8 Å². The summed E-state index contributed by atoms with van der Waals surface area (Å²) in [6.45, 7) is 4.26. The Hall–Kier alpha value is -1.12. The molecule has 1 aromatic carbocycles. The highest BCUT2D eigenvalue weighted by Gasteiger charge is 2.27. The van der Waals surface area contributed by atoms with E-state index in [9.17, 15) is 5.11 Å². The Morgan fingerprint density at radius 2 is 2.15 bits per heavy atom. The number of thiophene rings is 1. The van der Waals surface area contributed by atoms with Gasteiger partial charge >= 0.3 is 0 Å². The van der Waals surface area contributed by atoms with Crippen molar-refractivity contribution in [1.82, 2.24) is 0 Å². The van der Waals surface area contributed by atoms with Gasteiger partial charge in [0.2, 0.25) is 0 Å². The predicted octanol–water partition coefficient (Wildman–Crippen LogP) is 4.39. The van der Waals surface area contributed by atoms with Crippen LogP contribution in [0.25, 0.3) is 0 Å². The quantitative estimate of drug-likeness (QED) is 0.887. The Bertz CT molecular complexity index is 599. The molecule has 1 aromatic heterocycles. The van der Waals surface area contributed by atoms with Gasteiger partial charge in [0.05, 0.1) is 6.10 Å². The molecule has 1 heterocycles. The number of aliphatic hydroxyl groups is 1. The van der Waals surface area contributed by atoms with Crippen molar-refractivity contribution in [2.75, 3.05) is 0 Å². The Morgan fingerprint density at radius 3 is 3.00 bits per heavy atom. The Kier molecular flexibility index (Phi) is 3.95. The highest BCUT2D eigenvalue weighted by molar-refractivity contribution is 7.10. The van der Waals surface area contributed by atoms with Crippen LogP contribution in [0.3, 0.4) is 0 Å². The summed E-state index contributed by atoms with van der Waals surface area (Å²) in [6.07, 6.45) is 4.04. The lowest BCUT2D eigenvalue weighted by Crippen LogP contribution is -2.24. The van der Waals surface area contributed by atoms with Crippen molar-refractivity contribution >= 4 is 11.3 Å². The zero-order chi connectivity index (χ0) is 14.1. The number of fused-ring (bicyclic) bond motifs is 1. The van der Waals surface area contributed by atoms with Gasteiger partial charge in [0.15, 0.2) is 0 Å². The summed E-state index contributed by atoms with van der Waals surface area (Å²) in [5, 5.41) is 12.9. The van der Waals surface area contributed by atoms with Gasteiger partial charge in [-0.1, -0.05) is 23.8 Å². The second-order valence-electron chi connectivity index (χ2n) is 6.00. The molecule has 1 aliphatic carbocycles. The summed E-state index contributed by atoms with van der Waals surface area (Å²) in [5.74, 6) is 0.324. The molecular weight excluding hydrogens is 264 g/mol. The van der Waals surface area contributed by atoms with E-state index in [0.717, 1.165) is 12.8 Å². The molecule has 2 aromatic rings. The molecule has 1 N–H and O–H groups in total. The average molecular weight is 286 g/mol. The van der Waals surface area contributed by atoms with Gasteiger partial charge in [-0.15, -0.1) is 11.3 Å². The lowest BCUT2D eigenvalue weighted by Gasteiger charge is -2.27. The maximum absolute atomic E-state index is 10.7. The molecule has 0 spiro atoms. The fourth-order valence-corrected chi connectivity index (χ4v) is 4.31. The fraction of sp³-hybridized carbons (Fsp3) is 0.444. The summed E-state index contributed by atoms with van der Waals surface area (Å²) in [4.78, 5) is 1.49. The zero-order valence-electron chi connectivity index (χ0n) is 12.2. The van der Waals surface area contributed by atoms with Crippen LogP contribution in [0.15, 0.2) is 29.6 Å². The summed E-state index contributed by atoms with van der Waals surface area (Å²) in [7, 11) is 0. The fourth-order valence-electron chi connectivity index (χ4n) is 3.31. The molecule has 106 valence electrons. The highest BCUT2D eigenvalue weighted by atomic mass is 32.1. The van der Waals surface area contributed by atoms with E-state index in [1.165, 1.54) is 40.0 Å². The van der Waals surface area contributed by atoms with E-state index in [0.29, 0.717) is 5.92 Å². The van der Waals surface area contributed by atoms with Crippen LogP contribution < -0.4 is 0 Å². The van der Waals surface area contributed by atoms with Crippen molar-refractivity contribution < 1.29 is 5.11 Å². The zero-order valence-corrected chi connectivity index (χ0v) is 13.0. The molecule has 1 nitrogen and oxygen atoms in total. The summed E-state index contributed by atoms with van der Waals surface area (Å²) >= 11 is 1.85. The van der Waals surface area contributed by atoms with Gasteiger partial charge in [-0.05, 0) is 67.7 Å². The monoisotopic (exact) mass is 286 g/mol. The number of benzene rings is 1. The van der Waals surface area contributed by atoms with Crippen molar-refractivity contribution in [3.8, 4) is 0 Å². The standard InChI is InChI=1S/C18H22OS/c1-12-6-7-13(2)14(10-12)11-17(19)15-4-3-5-18-16(15)8-9-20-18/h6-10,15,17,19H,3-5,11H2,1-2H3. The number of hydrogen-bond donors (Lipinski definition) is 1. The summed E-state index contributed by atoms with van der Waals surface area (Å²) in [5.41, 5.74) is 5.26. The lowest BCUT2D eigenvalue weighted by atomic mass is 9.81. The van der Waals surface area contributed by atoms with Gasteiger partial charge in [-0.25, -0.2) is 0 Å². The second kappa shape index (κ2) is 5.71. The maximum atomic E-state index is 10.7. The summed E-state index contributed by atoms with van der Waals surface area (Å²) in [6, 6.07) is 8.74. The Labute approximate surface area is 125 Å². The first-order chi connectivity index (χ1) is 9.65. The molecule has 0 amide bonds. The van der Waals surface area contributed by atoms with Gasteiger partial charge in [-0.3, -0.25) is 0 Å². The minimum absolute atomic E-state index is 0.260. The van der Waals surface area contributed by atoms with Crippen LogP contribution in [0.4, 0.5) is 0 Å². The van der Waals surface area contributed by atoms with Crippen LogP contribution in [0.2, 0.25) is 0 Å². The Balaban J connectivity index is 1.81. The van der Waals surface area contributed by atoms with E-state index in [1.54, 1.807) is 0 Å². The number of aliphatic hydroxyl groups excluding tert-OH is 1. The predicted molar refractivity (Wildman–Crippen MR) is 85.6 cm³/mol. The number of aryl methyl sites for hydroxylation is 3. The molecule has 1 aliphatic rings. The molecular formula is C18H22OS. The Morgan fingerprint density at radius 1 is 1.30 bits per heavy atom. The molecule has 0 saturated heterocycles. The lowest BCUT2D eigenvalue weighted by molar-refractivity contribution is 0.135. The smallest absolute Gasteiger partial charge is 0.0649 e. The van der Waals surface area contributed by atoms with Gasteiger partial charge in [0.1, 0.15) is 0 Å². The second-order valence-corrected chi connectivity index (χ2v) is 7.00. The van der Waals surface area contributed by atoms with E-state index in [-0.39, 0.29) is 6.10 Å². The van der Waals surface area contributed by atoms with E-state index in [4.69, 9.17) is 0 Å². The third-order valence-electron chi connectivity index (χ3n) is 4.50. The first kappa shape index (κ1) is 13.8. The average Bonchev–Trinajstić information content (AvgIpc) is 2.91. The van der Waals surface area contributed by atoms with E-state index >= 15 is 0 Å². The first-order valence-electron chi connectivity index (χ1n) is 7.45. The van der Waals surface area contributed by atoms with E-state index < -0.39 is 0 Å². The molecule has 0 bridgehead atoms. The van der Waals surface area contributed by atoms with Crippen LogP contribution in [0.1, 0.15) is 45.9 Å². The third kappa shape index (κ3) is 2.68. The van der Waals surface area contributed by atoms with Crippen molar-refractivity contribution in [1.29, 1.82) is 0 Å². The van der Waals surface area contributed by atoms with Gasteiger partial charge in [0.25, 0.3) is 0 Å².